The quantitative estimate of drug-likeness (QED) is 0.657. The third-order valence-corrected chi connectivity index (χ3v) is 5.55. The fourth-order valence-corrected chi connectivity index (χ4v) is 3.64. The van der Waals surface area contributed by atoms with Crippen molar-refractivity contribution >= 4 is 15.9 Å². The fourth-order valence-electron chi connectivity index (χ4n) is 2.71. The average molecular weight is 366 g/mol. The zero-order valence-corrected chi connectivity index (χ0v) is 15.4. The number of sulfonamides is 1. The van der Waals surface area contributed by atoms with Crippen molar-refractivity contribution < 1.29 is 17.9 Å². The molecule has 2 N–H and O–H groups in total. The Morgan fingerprint density at radius 1 is 1.16 bits per heavy atom. The molecule has 6 nitrogen and oxygen atoms in total. The van der Waals surface area contributed by atoms with Crippen LogP contribution in [0.25, 0.3) is 0 Å². The highest BCUT2D eigenvalue weighted by atomic mass is 32.2. The lowest BCUT2D eigenvalue weighted by molar-refractivity contribution is 0.0956. The molecule has 1 aromatic rings. The zero-order chi connectivity index (χ0) is 18.1. The normalized spacial score (nSPS) is 14.7. The van der Waals surface area contributed by atoms with E-state index in [0.717, 1.165) is 19.3 Å². The van der Waals surface area contributed by atoms with Gasteiger partial charge >= 0.3 is 0 Å². The predicted molar refractivity (Wildman–Crippen MR) is 98.3 cm³/mol. The summed E-state index contributed by atoms with van der Waals surface area (Å²) in [5, 5.41) is 2.62. The molecule has 0 saturated heterocycles. The number of methoxy groups -OCH3 is 1. The van der Waals surface area contributed by atoms with Crippen LogP contribution in [0.15, 0.2) is 35.9 Å². The van der Waals surface area contributed by atoms with Gasteiger partial charge in [-0.2, -0.15) is 0 Å². The van der Waals surface area contributed by atoms with Gasteiger partial charge in [0.1, 0.15) is 5.75 Å². The molecule has 0 bridgehead atoms. The minimum Gasteiger partial charge on any atom is -0.497 e. The van der Waals surface area contributed by atoms with Crippen LogP contribution in [0, 0.1) is 0 Å². The SMILES string of the molecule is COc1ccc(C(=O)NCCS(=O)(=O)NCCC2=CCCCC2)cc1. The summed E-state index contributed by atoms with van der Waals surface area (Å²) in [5.74, 6) is 0.232. The van der Waals surface area contributed by atoms with E-state index in [2.05, 4.69) is 16.1 Å². The second-order valence-electron chi connectivity index (χ2n) is 6.06. The van der Waals surface area contributed by atoms with Crippen molar-refractivity contribution in [2.45, 2.75) is 32.1 Å². The van der Waals surface area contributed by atoms with E-state index in [-0.39, 0.29) is 18.2 Å². The molecule has 0 aromatic heterocycles. The minimum atomic E-state index is -3.38. The Bertz CT molecular complexity index is 696. The maximum Gasteiger partial charge on any atom is 0.251 e. The van der Waals surface area contributed by atoms with Crippen LogP contribution in [0.2, 0.25) is 0 Å². The summed E-state index contributed by atoms with van der Waals surface area (Å²) in [7, 11) is -1.83. The largest absolute Gasteiger partial charge is 0.497 e. The number of rotatable bonds is 9. The molecule has 0 atom stereocenters. The monoisotopic (exact) mass is 366 g/mol. The molecule has 1 aromatic carbocycles. The highest BCUT2D eigenvalue weighted by Gasteiger charge is 2.12. The number of carbonyl (C=O) groups is 1. The van der Waals surface area contributed by atoms with E-state index < -0.39 is 10.0 Å². The molecule has 25 heavy (non-hydrogen) atoms. The van der Waals surface area contributed by atoms with Gasteiger partial charge in [0.25, 0.3) is 5.91 Å². The van der Waals surface area contributed by atoms with Crippen LogP contribution in [-0.2, 0) is 10.0 Å². The number of hydrogen-bond donors (Lipinski definition) is 2. The molecule has 0 heterocycles. The lowest BCUT2D eigenvalue weighted by atomic mass is 9.97. The maximum atomic E-state index is 12.0. The van der Waals surface area contributed by atoms with Gasteiger partial charge in [0, 0.05) is 18.7 Å². The van der Waals surface area contributed by atoms with Crippen LogP contribution in [0.3, 0.4) is 0 Å². The molecule has 0 fully saturated rings. The van der Waals surface area contributed by atoms with Crippen molar-refractivity contribution in [2.75, 3.05) is 26.0 Å². The van der Waals surface area contributed by atoms with Gasteiger partial charge in [-0.25, -0.2) is 13.1 Å². The molecule has 1 aliphatic carbocycles. The van der Waals surface area contributed by atoms with E-state index in [1.807, 2.05) is 0 Å². The van der Waals surface area contributed by atoms with Crippen molar-refractivity contribution in [3.05, 3.63) is 41.5 Å². The van der Waals surface area contributed by atoms with Gasteiger partial charge in [-0.15, -0.1) is 0 Å². The molecular formula is C18H26N2O4S. The Hall–Kier alpha value is -1.86. The number of amides is 1. The van der Waals surface area contributed by atoms with Crippen molar-refractivity contribution in [3.8, 4) is 5.75 Å². The zero-order valence-electron chi connectivity index (χ0n) is 14.6. The van der Waals surface area contributed by atoms with Crippen molar-refractivity contribution in [1.82, 2.24) is 10.0 Å². The Morgan fingerprint density at radius 3 is 2.56 bits per heavy atom. The molecule has 138 valence electrons. The average Bonchev–Trinajstić information content (AvgIpc) is 2.62. The molecule has 0 spiro atoms. The summed E-state index contributed by atoms with van der Waals surface area (Å²) in [4.78, 5) is 12.0. The molecule has 1 amide bonds. The summed E-state index contributed by atoms with van der Waals surface area (Å²) in [5.41, 5.74) is 1.80. The fraction of sp³-hybridized carbons (Fsp3) is 0.500. The van der Waals surface area contributed by atoms with Crippen LogP contribution >= 0.6 is 0 Å². The Balaban J connectivity index is 1.69. The first kappa shape index (κ1) is 19.5. The Kier molecular flexibility index (Phi) is 7.46. The molecule has 0 saturated carbocycles. The van der Waals surface area contributed by atoms with Gasteiger partial charge < -0.3 is 10.1 Å². The molecule has 1 aliphatic rings. The van der Waals surface area contributed by atoms with E-state index >= 15 is 0 Å². The lowest BCUT2D eigenvalue weighted by Crippen LogP contribution is -2.35. The third-order valence-electron chi connectivity index (χ3n) is 4.16. The molecule has 2 rings (SSSR count). The van der Waals surface area contributed by atoms with Crippen molar-refractivity contribution in [2.24, 2.45) is 0 Å². The highest BCUT2D eigenvalue weighted by molar-refractivity contribution is 7.89. The Morgan fingerprint density at radius 2 is 1.92 bits per heavy atom. The van der Waals surface area contributed by atoms with E-state index in [0.29, 0.717) is 17.9 Å². The molecule has 0 aliphatic heterocycles. The number of nitrogens with one attached hydrogen (secondary N) is 2. The van der Waals surface area contributed by atoms with Gasteiger partial charge in [-0.1, -0.05) is 11.6 Å². The van der Waals surface area contributed by atoms with Gasteiger partial charge in [-0.05, 0) is 56.4 Å². The summed E-state index contributed by atoms with van der Waals surface area (Å²) < 4.78 is 31.6. The maximum absolute atomic E-state index is 12.0. The second kappa shape index (κ2) is 9.58. The minimum absolute atomic E-state index is 0.0723. The highest BCUT2D eigenvalue weighted by Crippen LogP contribution is 2.19. The van der Waals surface area contributed by atoms with Gasteiger partial charge in [0.05, 0.1) is 12.9 Å². The standard InChI is InChI=1S/C18H26N2O4S/c1-24-17-9-7-16(8-10-17)18(21)19-13-14-25(22,23)20-12-11-15-5-3-2-4-6-15/h5,7-10,20H,2-4,6,11-14H2,1H3,(H,19,21). The molecule has 0 radical (unpaired) electrons. The van der Waals surface area contributed by atoms with E-state index in [1.165, 1.54) is 18.4 Å². The van der Waals surface area contributed by atoms with Gasteiger partial charge in [0.2, 0.25) is 10.0 Å². The molecule has 7 heteroatoms. The predicted octanol–water partition coefficient (Wildman–Crippen LogP) is 2.23. The number of benzene rings is 1. The van der Waals surface area contributed by atoms with Crippen LogP contribution in [0.4, 0.5) is 0 Å². The van der Waals surface area contributed by atoms with Crippen LogP contribution < -0.4 is 14.8 Å². The Labute approximate surface area is 149 Å². The first-order valence-corrected chi connectivity index (χ1v) is 10.2. The summed E-state index contributed by atoms with van der Waals surface area (Å²) in [6.07, 6.45) is 7.56. The summed E-state index contributed by atoms with van der Waals surface area (Å²) >= 11 is 0. The van der Waals surface area contributed by atoms with Gasteiger partial charge in [-0.3, -0.25) is 4.79 Å². The summed E-state index contributed by atoms with van der Waals surface area (Å²) in [6, 6.07) is 6.65. The van der Waals surface area contributed by atoms with E-state index in [4.69, 9.17) is 4.74 Å². The summed E-state index contributed by atoms with van der Waals surface area (Å²) in [6.45, 7) is 0.490. The van der Waals surface area contributed by atoms with Crippen LogP contribution in [0.1, 0.15) is 42.5 Å². The number of allylic oxidation sites excluding steroid dienone is 1. The number of ether oxygens (including phenoxy) is 1. The first-order chi connectivity index (χ1) is 12.0. The molecular weight excluding hydrogens is 340 g/mol. The second-order valence-corrected chi connectivity index (χ2v) is 7.98. The van der Waals surface area contributed by atoms with Crippen LogP contribution in [0.5, 0.6) is 5.75 Å². The number of carbonyl (C=O) groups excluding carboxylic acids is 1. The first-order valence-electron chi connectivity index (χ1n) is 8.58. The molecule has 0 unspecified atom stereocenters. The van der Waals surface area contributed by atoms with E-state index in [1.54, 1.807) is 31.4 Å². The topological polar surface area (TPSA) is 84.5 Å². The smallest absolute Gasteiger partial charge is 0.251 e. The number of hydrogen-bond acceptors (Lipinski definition) is 4. The lowest BCUT2D eigenvalue weighted by Gasteiger charge is -2.13. The van der Waals surface area contributed by atoms with E-state index in [9.17, 15) is 13.2 Å². The van der Waals surface area contributed by atoms with Gasteiger partial charge in [0.15, 0.2) is 0 Å². The third kappa shape index (κ3) is 6.88. The van der Waals surface area contributed by atoms with Crippen LogP contribution in [-0.4, -0.2) is 40.3 Å². The van der Waals surface area contributed by atoms with Crippen molar-refractivity contribution in [3.63, 3.8) is 0 Å². The van der Waals surface area contributed by atoms with Crippen molar-refractivity contribution in [1.29, 1.82) is 0 Å².